The first-order chi connectivity index (χ1) is 13.0. The Hall–Kier alpha value is -3.42. The molecule has 1 atom stereocenters. The van der Waals surface area contributed by atoms with Crippen LogP contribution in [0.5, 0.6) is 0 Å². The fourth-order valence-corrected chi connectivity index (χ4v) is 3.18. The van der Waals surface area contributed by atoms with Gasteiger partial charge in [0.2, 0.25) is 5.91 Å². The SMILES string of the molecule is Cc1ccc(-c2cc(C(=O)N3CCNC(=O)C3c3cccc(F)c3)n[nH]2)o1. The maximum Gasteiger partial charge on any atom is 0.275 e. The molecule has 27 heavy (non-hydrogen) atoms. The molecule has 1 fully saturated rings. The molecule has 0 spiro atoms. The Morgan fingerprint density at radius 3 is 2.89 bits per heavy atom. The molecule has 0 bridgehead atoms. The van der Waals surface area contributed by atoms with Gasteiger partial charge < -0.3 is 14.6 Å². The third-order valence-corrected chi connectivity index (χ3v) is 4.44. The van der Waals surface area contributed by atoms with Crippen molar-refractivity contribution in [3.63, 3.8) is 0 Å². The van der Waals surface area contributed by atoms with Gasteiger partial charge in [-0.05, 0) is 36.8 Å². The first kappa shape index (κ1) is 17.0. The lowest BCUT2D eigenvalue weighted by Crippen LogP contribution is -2.52. The van der Waals surface area contributed by atoms with E-state index < -0.39 is 17.8 Å². The predicted molar refractivity (Wildman–Crippen MR) is 94.2 cm³/mol. The van der Waals surface area contributed by atoms with Crippen molar-refractivity contribution in [3.05, 3.63) is 65.3 Å². The van der Waals surface area contributed by atoms with Gasteiger partial charge in [0, 0.05) is 19.2 Å². The van der Waals surface area contributed by atoms with Crippen molar-refractivity contribution in [1.29, 1.82) is 0 Å². The van der Waals surface area contributed by atoms with Gasteiger partial charge in [-0.25, -0.2) is 4.39 Å². The Balaban J connectivity index is 1.65. The van der Waals surface area contributed by atoms with E-state index in [0.29, 0.717) is 30.1 Å². The van der Waals surface area contributed by atoms with Gasteiger partial charge in [0.25, 0.3) is 5.91 Å². The molecule has 8 heteroatoms. The molecular formula is C19H17FN4O3. The molecule has 2 aromatic heterocycles. The zero-order chi connectivity index (χ0) is 19.0. The largest absolute Gasteiger partial charge is 0.460 e. The number of nitrogens with zero attached hydrogens (tertiary/aromatic N) is 2. The topological polar surface area (TPSA) is 91.2 Å². The van der Waals surface area contributed by atoms with Crippen LogP contribution in [0.4, 0.5) is 4.39 Å². The average molecular weight is 368 g/mol. The summed E-state index contributed by atoms with van der Waals surface area (Å²) >= 11 is 0. The number of aromatic nitrogens is 2. The van der Waals surface area contributed by atoms with E-state index in [4.69, 9.17) is 4.42 Å². The molecule has 0 radical (unpaired) electrons. The van der Waals surface area contributed by atoms with Crippen LogP contribution in [-0.2, 0) is 4.79 Å². The molecule has 1 saturated heterocycles. The van der Waals surface area contributed by atoms with Crippen LogP contribution in [-0.4, -0.2) is 40.0 Å². The highest BCUT2D eigenvalue weighted by atomic mass is 19.1. The molecule has 138 valence electrons. The molecule has 0 saturated carbocycles. The lowest BCUT2D eigenvalue weighted by atomic mass is 10.0. The first-order valence-corrected chi connectivity index (χ1v) is 8.49. The molecule has 1 aliphatic rings. The Labute approximate surface area is 154 Å². The summed E-state index contributed by atoms with van der Waals surface area (Å²) in [7, 11) is 0. The summed E-state index contributed by atoms with van der Waals surface area (Å²) in [6, 6.07) is 9.96. The van der Waals surface area contributed by atoms with Crippen LogP contribution in [0.2, 0.25) is 0 Å². The maximum absolute atomic E-state index is 13.6. The second-order valence-corrected chi connectivity index (χ2v) is 6.32. The quantitative estimate of drug-likeness (QED) is 0.743. The molecule has 3 heterocycles. The van der Waals surface area contributed by atoms with E-state index in [9.17, 15) is 14.0 Å². The number of aryl methyl sites for hydroxylation is 1. The molecule has 2 amide bonds. The lowest BCUT2D eigenvalue weighted by molar-refractivity contribution is -0.128. The summed E-state index contributed by atoms with van der Waals surface area (Å²) in [4.78, 5) is 26.8. The molecule has 3 aromatic rings. The summed E-state index contributed by atoms with van der Waals surface area (Å²) in [6.07, 6.45) is 0. The number of aromatic amines is 1. The van der Waals surface area contributed by atoms with Gasteiger partial charge in [-0.15, -0.1) is 0 Å². The van der Waals surface area contributed by atoms with Crippen LogP contribution >= 0.6 is 0 Å². The Morgan fingerprint density at radius 2 is 2.15 bits per heavy atom. The van der Waals surface area contributed by atoms with Crippen LogP contribution in [0.15, 0.2) is 46.9 Å². The number of carbonyl (C=O) groups excluding carboxylic acids is 2. The van der Waals surface area contributed by atoms with Crippen LogP contribution in [0.3, 0.4) is 0 Å². The second kappa shape index (κ2) is 6.71. The van der Waals surface area contributed by atoms with Crippen LogP contribution in [0.25, 0.3) is 11.5 Å². The van der Waals surface area contributed by atoms with E-state index in [1.54, 1.807) is 18.2 Å². The van der Waals surface area contributed by atoms with E-state index in [1.807, 2.05) is 13.0 Å². The van der Waals surface area contributed by atoms with Crippen molar-refractivity contribution in [1.82, 2.24) is 20.4 Å². The Morgan fingerprint density at radius 1 is 1.30 bits per heavy atom. The Kier molecular flexibility index (Phi) is 4.23. The third-order valence-electron chi connectivity index (χ3n) is 4.44. The van der Waals surface area contributed by atoms with Gasteiger partial charge in [-0.2, -0.15) is 5.10 Å². The third kappa shape index (κ3) is 3.21. The summed E-state index contributed by atoms with van der Waals surface area (Å²) < 4.78 is 19.2. The van der Waals surface area contributed by atoms with Crippen molar-refractivity contribution in [2.45, 2.75) is 13.0 Å². The molecule has 1 aliphatic heterocycles. The zero-order valence-electron chi connectivity index (χ0n) is 14.5. The number of furan rings is 1. The van der Waals surface area contributed by atoms with Gasteiger partial charge in [0.15, 0.2) is 11.5 Å². The number of halogens is 1. The van der Waals surface area contributed by atoms with Crippen molar-refractivity contribution in [2.24, 2.45) is 0 Å². The zero-order valence-corrected chi connectivity index (χ0v) is 14.5. The smallest absolute Gasteiger partial charge is 0.275 e. The highest BCUT2D eigenvalue weighted by molar-refractivity contribution is 5.97. The Bertz CT molecular complexity index is 1010. The van der Waals surface area contributed by atoms with Crippen molar-refractivity contribution >= 4 is 11.8 Å². The first-order valence-electron chi connectivity index (χ1n) is 8.49. The molecule has 0 aliphatic carbocycles. The lowest BCUT2D eigenvalue weighted by Gasteiger charge is -2.34. The molecule has 4 rings (SSSR count). The monoisotopic (exact) mass is 368 g/mol. The molecule has 1 unspecified atom stereocenters. The highest BCUT2D eigenvalue weighted by Gasteiger charge is 2.36. The summed E-state index contributed by atoms with van der Waals surface area (Å²) in [6.45, 7) is 2.45. The molecular weight excluding hydrogens is 351 g/mol. The van der Waals surface area contributed by atoms with Crippen molar-refractivity contribution in [3.8, 4) is 11.5 Å². The number of H-pyrrole nitrogens is 1. The number of nitrogens with one attached hydrogen (secondary N) is 2. The standard InChI is InChI=1S/C19H17FN4O3/c1-11-5-6-16(27-11)14-10-15(23-22-14)19(26)24-8-7-21-18(25)17(24)12-3-2-4-13(20)9-12/h2-6,9-10,17H,7-8H2,1H3,(H,21,25)(H,22,23). The fourth-order valence-electron chi connectivity index (χ4n) is 3.18. The number of amides is 2. The number of carbonyl (C=O) groups is 2. The number of benzene rings is 1. The van der Waals surface area contributed by atoms with Crippen molar-refractivity contribution < 1.29 is 18.4 Å². The number of piperazine rings is 1. The van der Waals surface area contributed by atoms with Gasteiger partial charge >= 0.3 is 0 Å². The van der Waals surface area contributed by atoms with E-state index in [2.05, 4.69) is 15.5 Å². The van der Waals surface area contributed by atoms with Crippen molar-refractivity contribution in [2.75, 3.05) is 13.1 Å². The molecule has 7 nitrogen and oxygen atoms in total. The minimum atomic E-state index is -0.909. The normalized spacial score (nSPS) is 17.0. The van der Waals surface area contributed by atoms with Crippen LogP contribution in [0.1, 0.15) is 27.9 Å². The predicted octanol–water partition coefficient (Wildman–Crippen LogP) is 2.43. The van der Waals surface area contributed by atoms with E-state index >= 15 is 0 Å². The number of rotatable bonds is 3. The van der Waals surface area contributed by atoms with E-state index in [1.165, 1.54) is 23.1 Å². The minimum absolute atomic E-state index is 0.162. The highest BCUT2D eigenvalue weighted by Crippen LogP contribution is 2.27. The minimum Gasteiger partial charge on any atom is -0.460 e. The molecule has 2 N–H and O–H groups in total. The maximum atomic E-state index is 13.6. The second-order valence-electron chi connectivity index (χ2n) is 6.32. The summed E-state index contributed by atoms with van der Waals surface area (Å²) in [5.41, 5.74) is 1.14. The number of hydrogen-bond acceptors (Lipinski definition) is 4. The fraction of sp³-hybridized carbons (Fsp3) is 0.211. The molecule has 1 aromatic carbocycles. The van der Waals surface area contributed by atoms with E-state index in [0.717, 1.165) is 5.76 Å². The van der Waals surface area contributed by atoms with E-state index in [-0.39, 0.29) is 11.6 Å². The summed E-state index contributed by atoms with van der Waals surface area (Å²) in [5, 5.41) is 9.57. The van der Waals surface area contributed by atoms with Crippen LogP contribution in [0, 0.1) is 12.7 Å². The van der Waals surface area contributed by atoms with Gasteiger partial charge in [0.05, 0.1) is 0 Å². The van der Waals surface area contributed by atoms with Crippen LogP contribution < -0.4 is 5.32 Å². The summed E-state index contributed by atoms with van der Waals surface area (Å²) in [5.74, 6) is 0.0829. The van der Waals surface area contributed by atoms with Gasteiger partial charge in [-0.3, -0.25) is 14.7 Å². The average Bonchev–Trinajstić information content (AvgIpc) is 3.30. The van der Waals surface area contributed by atoms with Gasteiger partial charge in [-0.1, -0.05) is 12.1 Å². The van der Waals surface area contributed by atoms with Gasteiger partial charge in [0.1, 0.15) is 23.3 Å². The number of hydrogen-bond donors (Lipinski definition) is 2.